The van der Waals surface area contributed by atoms with Gasteiger partial charge in [0, 0.05) is 0 Å². The van der Waals surface area contributed by atoms with E-state index in [4.69, 9.17) is 4.74 Å². The average Bonchev–Trinajstić information content (AvgIpc) is 2.16. The van der Waals surface area contributed by atoms with Crippen molar-refractivity contribution in [3.8, 4) is 0 Å². The highest BCUT2D eigenvalue weighted by atomic mass is 16.5. The standard InChI is InChI=1S/C13H23O2/c1-3-13(14)15-11(2)12-9-7-5-4-6-8-10-12/h3,11-12H,4-10H2,1-2H3. The summed E-state index contributed by atoms with van der Waals surface area (Å²) in [5, 5.41) is 0. The molecule has 1 fully saturated rings. The van der Waals surface area contributed by atoms with Crippen molar-refractivity contribution in [3.63, 3.8) is 0 Å². The third-order valence-electron chi connectivity index (χ3n) is 3.35. The van der Waals surface area contributed by atoms with Gasteiger partial charge in [-0.15, -0.1) is 0 Å². The smallest absolute Gasteiger partial charge is 0.309 e. The van der Waals surface area contributed by atoms with E-state index in [0.717, 1.165) is 0 Å². The van der Waals surface area contributed by atoms with Crippen molar-refractivity contribution in [1.29, 1.82) is 0 Å². The van der Waals surface area contributed by atoms with Crippen LogP contribution in [0.5, 0.6) is 0 Å². The highest BCUT2D eigenvalue weighted by Gasteiger charge is 2.20. The first-order valence-corrected chi connectivity index (χ1v) is 6.24. The Labute approximate surface area is 93.4 Å². The van der Waals surface area contributed by atoms with Gasteiger partial charge in [0.25, 0.3) is 0 Å². The summed E-state index contributed by atoms with van der Waals surface area (Å²) in [7, 11) is 0. The van der Waals surface area contributed by atoms with Gasteiger partial charge in [-0.05, 0) is 25.7 Å². The summed E-state index contributed by atoms with van der Waals surface area (Å²) in [5.41, 5.74) is 0. The van der Waals surface area contributed by atoms with Crippen LogP contribution < -0.4 is 0 Å². The molecule has 0 aliphatic heterocycles. The molecule has 0 saturated heterocycles. The second-order valence-corrected chi connectivity index (χ2v) is 4.54. The molecule has 0 heterocycles. The molecule has 1 rings (SSSR count). The third-order valence-corrected chi connectivity index (χ3v) is 3.35. The fraction of sp³-hybridized carbons (Fsp3) is 0.846. The number of esters is 1. The van der Waals surface area contributed by atoms with E-state index in [0.29, 0.717) is 5.92 Å². The van der Waals surface area contributed by atoms with Crippen LogP contribution in [0.2, 0.25) is 0 Å². The zero-order valence-corrected chi connectivity index (χ0v) is 10.00. The van der Waals surface area contributed by atoms with Crippen molar-refractivity contribution < 1.29 is 9.53 Å². The lowest BCUT2D eigenvalue weighted by Gasteiger charge is -2.25. The Hall–Kier alpha value is -0.530. The lowest BCUT2D eigenvalue weighted by Crippen LogP contribution is -2.24. The summed E-state index contributed by atoms with van der Waals surface area (Å²) in [6, 6.07) is 0. The zero-order valence-electron chi connectivity index (χ0n) is 10.00. The molecule has 0 spiro atoms. The summed E-state index contributed by atoms with van der Waals surface area (Å²) in [6.45, 7) is 3.76. The van der Waals surface area contributed by atoms with Crippen LogP contribution in [0.3, 0.4) is 0 Å². The molecule has 0 amide bonds. The number of carbonyl (C=O) groups is 1. The molecule has 0 bridgehead atoms. The Morgan fingerprint density at radius 3 is 2.27 bits per heavy atom. The molecule has 2 heteroatoms. The van der Waals surface area contributed by atoms with Gasteiger partial charge in [0.15, 0.2) is 0 Å². The highest BCUT2D eigenvalue weighted by Crippen LogP contribution is 2.26. The SMILES string of the molecule is C[CH]C(=O)OC(C)C1CCCCCCC1. The molecule has 2 nitrogen and oxygen atoms in total. The van der Waals surface area contributed by atoms with Crippen LogP contribution in [-0.4, -0.2) is 12.1 Å². The Kier molecular flexibility index (Phi) is 5.74. The number of rotatable bonds is 3. The van der Waals surface area contributed by atoms with E-state index in [1.54, 1.807) is 6.92 Å². The van der Waals surface area contributed by atoms with Crippen LogP contribution >= 0.6 is 0 Å². The van der Waals surface area contributed by atoms with Crippen LogP contribution in [0.4, 0.5) is 0 Å². The van der Waals surface area contributed by atoms with Gasteiger partial charge in [0.1, 0.15) is 6.10 Å². The fourth-order valence-corrected chi connectivity index (χ4v) is 2.30. The minimum Gasteiger partial charge on any atom is -0.462 e. The van der Waals surface area contributed by atoms with E-state index >= 15 is 0 Å². The van der Waals surface area contributed by atoms with Crippen molar-refractivity contribution >= 4 is 5.97 Å². The minimum atomic E-state index is -0.176. The van der Waals surface area contributed by atoms with Crippen molar-refractivity contribution in [2.45, 2.75) is 64.9 Å². The van der Waals surface area contributed by atoms with E-state index in [1.165, 1.54) is 51.4 Å². The Morgan fingerprint density at radius 2 is 1.73 bits per heavy atom. The predicted octanol–water partition coefficient (Wildman–Crippen LogP) is 3.50. The second kappa shape index (κ2) is 6.86. The fourth-order valence-electron chi connectivity index (χ4n) is 2.30. The lowest BCUT2D eigenvalue weighted by molar-refractivity contribution is -0.146. The van der Waals surface area contributed by atoms with Crippen LogP contribution in [0.25, 0.3) is 0 Å². The Balaban J connectivity index is 2.34. The highest BCUT2D eigenvalue weighted by molar-refractivity contribution is 5.78. The largest absolute Gasteiger partial charge is 0.462 e. The van der Waals surface area contributed by atoms with Gasteiger partial charge in [-0.2, -0.15) is 0 Å². The molecule has 1 atom stereocenters. The normalized spacial score (nSPS) is 21.5. The summed E-state index contributed by atoms with van der Waals surface area (Å²) in [5.74, 6) is 0.402. The van der Waals surface area contributed by atoms with Gasteiger partial charge in [-0.25, -0.2) is 0 Å². The monoisotopic (exact) mass is 211 g/mol. The molecule has 87 valence electrons. The average molecular weight is 211 g/mol. The number of hydrogen-bond acceptors (Lipinski definition) is 2. The van der Waals surface area contributed by atoms with Crippen LogP contribution in [0.1, 0.15) is 58.8 Å². The molecule has 0 N–H and O–H groups in total. The first-order valence-electron chi connectivity index (χ1n) is 6.24. The maximum absolute atomic E-state index is 11.1. The zero-order chi connectivity index (χ0) is 11.1. The number of hydrogen-bond donors (Lipinski definition) is 0. The molecule has 1 aliphatic carbocycles. The minimum absolute atomic E-state index is 0.0896. The maximum Gasteiger partial charge on any atom is 0.309 e. The molecule has 0 aromatic carbocycles. The van der Waals surface area contributed by atoms with Gasteiger partial charge in [-0.3, -0.25) is 4.79 Å². The van der Waals surface area contributed by atoms with Gasteiger partial charge < -0.3 is 4.74 Å². The van der Waals surface area contributed by atoms with Crippen molar-refractivity contribution in [2.75, 3.05) is 0 Å². The molecule has 1 saturated carbocycles. The van der Waals surface area contributed by atoms with Gasteiger partial charge in [-0.1, -0.05) is 39.0 Å². The summed E-state index contributed by atoms with van der Waals surface area (Å²) in [4.78, 5) is 11.1. The van der Waals surface area contributed by atoms with Crippen LogP contribution in [0.15, 0.2) is 0 Å². The van der Waals surface area contributed by atoms with Crippen molar-refractivity contribution in [1.82, 2.24) is 0 Å². The number of carbonyl (C=O) groups excluding carboxylic acids is 1. The van der Waals surface area contributed by atoms with Gasteiger partial charge >= 0.3 is 5.97 Å². The Bertz CT molecular complexity index is 181. The maximum atomic E-state index is 11.1. The van der Waals surface area contributed by atoms with E-state index in [9.17, 15) is 4.79 Å². The first-order chi connectivity index (χ1) is 7.24. The molecule has 1 radical (unpaired) electrons. The summed E-state index contributed by atoms with van der Waals surface area (Å²) in [6.07, 6.45) is 10.7. The van der Waals surface area contributed by atoms with E-state index < -0.39 is 0 Å². The van der Waals surface area contributed by atoms with E-state index in [-0.39, 0.29) is 12.1 Å². The van der Waals surface area contributed by atoms with Crippen LogP contribution in [0, 0.1) is 12.3 Å². The lowest BCUT2D eigenvalue weighted by atomic mass is 9.88. The summed E-state index contributed by atoms with van der Waals surface area (Å²) < 4.78 is 5.34. The number of ether oxygens (including phenoxy) is 1. The Morgan fingerprint density at radius 1 is 1.20 bits per heavy atom. The molecule has 0 aromatic heterocycles. The summed E-state index contributed by atoms with van der Waals surface area (Å²) >= 11 is 0. The van der Waals surface area contributed by atoms with Crippen molar-refractivity contribution in [3.05, 3.63) is 6.42 Å². The van der Waals surface area contributed by atoms with Gasteiger partial charge in [0.2, 0.25) is 0 Å². The molecular formula is C13H23O2. The third kappa shape index (κ3) is 4.67. The van der Waals surface area contributed by atoms with E-state index in [2.05, 4.69) is 0 Å². The topological polar surface area (TPSA) is 26.3 Å². The quantitative estimate of drug-likeness (QED) is 0.668. The molecule has 15 heavy (non-hydrogen) atoms. The second-order valence-electron chi connectivity index (χ2n) is 4.54. The van der Waals surface area contributed by atoms with Crippen LogP contribution in [-0.2, 0) is 9.53 Å². The predicted molar refractivity (Wildman–Crippen MR) is 61.3 cm³/mol. The van der Waals surface area contributed by atoms with Crippen molar-refractivity contribution in [2.24, 2.45) is 5.92 Å². The molecule has 0 aromatic rings. The molecule has 1 unspecified atom stereocenters. The van der Waals surface area contributed by atoms with Gasteiger partial charge in [0.05, 0.1) is 6.42 Å². The first kappa shape index (κ1) is 12.5. The molecule has 1 aliphatic rings. The van der Waals surface area contributed by atoms with E-state index in [1.807, 2.05) is 6.92 Å². The molecular weight excluding hydrogens is 188 g/mol.